The fourth-order valence-corrected chi connectivity index (χ4v) is 2.98. The number of hydrogen-bond donors (Lipinski definition) is 1. The van der Waals surface area contributed by atoms with E-state index in [9.17, 15) is 9.90 Å². The summed E-state index contributed by atoms with van der Waals surface area (Å²) in [6.07, 6.45) is 0.687. The van der Waals surface area contributed by atoms with Crippen molar-refractivity contribution in [2.45, 2.75) is 25.7 Å². The number of azide groups is 1. The van der Waals surface area contributed by atoms with Gasteiger partial charge in [-0.15, -0.1) is 0 Å². The van der Waals surface area contributed by atoms with Gasteiger partial charge < -0.3 is 10.0 Å². The van der Waals surface area contributed by atoms with E-state index in [0.29, 0.717) is 26.1 Å². The van der Waals surface area contributed by atoms with Crippen LogP contribution in [0, 0.1) is 5.92 Å². The third-order valence-corrected chi connectivity index (χ3v) is 4.29. The van der Waals surface area contributed by atoms with Gasteiger partial charge in [0.2, 0.25) is 5.91 Å². The van der Waals surface area contributed by atoms with E-state index in [-0.39, 0.29) is 17.6 Å². The summed E-state index contributed by atoms with van der Waals surface area (Å²) in [5, 5.41) is 13.1. The van der Waals surface area contributed by atoms with Gasteiger partial charge in [-0.3, -0.25) is 4.79 Å². The first-order valence-corrected chi connectivity index (χ1v) is 7.19. The first kappa shape index (κ1) is 15.2. The topological polar surface area (TPSA) is 89.3 Å². The Kier molecular flexibility index (Phi) is 4.38. The molecule has 0 bridgehead atoms. The van der Waals surface area contributed by atoms with E-state index >= 15 is 0 Å². The number of amides is 1. The van der Waals surface area contributed by atoms with E-state index in [1.807, 2.05) is 18.7 Å². The lowest BCUT2D eigenvalue weighted by molar-refractivity contribution is -0.134. The van der Waals surface area contributed by atoms with Gasteiger partial charge in [0.1, 0.15) is 5.75 Å². The fourth-order valence-electron chi connectivity index (χ4n) is 2.98. The summed E-state index contributed by atoms with van der Waals surface area (Å²) >= 11 is 0. The molecule has 0 aliphatic heterocycles. The largest absolute Gasteiger partial charge is 0.508 e. The molecule has 0 saturated heterocycles. The summed E-state index contributed by atoms with van der Waals surface area (Å²) in [6.45, 7) is 5.55. The normalized spacial score (nSPS) is 23.2. The van der Waals surface area contributed by atoms with Crippen LogP contribution in [0.2, 0.25) is 0 Å². The molecule has 2 atom stereocenters. The predicted molar refractivity (Wildman–Crippen MR) is 79.8 cm³/mol. The minimum Gasteiger partial charge on any atom is -0.508 e. The second kappa shape index (κ2) is 6.06. The van der Waals surface area contributed by atoms with Crippen molar-refractivity contribution in [2.75, 3.05) is 19.6 Å². The Morgan fingerprint density at radius 3 is 2.57 bits per heavy atom. The van der Waals surface area contributed by atoms with Crippen molar-refractivity contribution in [3.8, 4) is 5.75 Å². The minimum absolute atomic E-state index is 0.0334. The summed E-state index contributed by atoms with van der Waals surface area (Å²) in [5.74, 6) is 0.291. The summed E-state index contributed by atoms with van der Waals surface area (Å²) in [5.41, 5.74) is 8.77. The molecule has 1 saturated carbocycles. The molecule has 0 heterocycles. The smallest absolute Gasteiger partial charge is 0.233 e. The molecule has 0 radical (unpaired) electrons. The molecule has 6 heteroatoms. The SMILES string of the molecule is CCN(CC)C(=O)C1(c2ccc(O)cc2)CC1CN=[N+]=[N-]. The van der Waals surface area contributed by atoms with Crippen LogP contribution in [-0.2, 0) is 10.2 Å². The number of hydrogen-bond acceptors (Lipinski definition) is 3. The number of likely N-dealkylation sites (N-methyl/N-ethyl adjacent to an activating group) is 1. The Bertz CT molecular complexity index is 562. The van der Waals surface area contributed by atoms with Crippen LogP contribution < -0.4 is 0 Å². The molecule has 1 aromatic carbocycles. The Morgan fingerprint density at radius 2 is 2.05 bits per heavy atom. The second-order valence-corrected chi connectivity index (χ2v) is 5.31. The van der Waals surface area contributed by atoms with Crippen LogP contribution in [-0.4, -0.2) is 35.5 Å². The molecular weight excluding hydrogens is 268 g/mol. The van der Waals surface area contributed by atoms with Crippen molar-refractivity contribution in [3.05, 3.63) is 40.3 Å². The molecule has 1 aromatic rings. The van der Waals surface area contributed by atoms with Gasteiger partial charge in [-0.05, 0) is 49.4 Å². The van der Waals surface area contributed by atoms with E-state index in [1.54, 1.807) is 24.3 Å². The summed E-state index contributed by atoms with van der Waals surface area (Å²) < 4.78 is 0. The Balaban J connectivity index is 2.35. The first-order chi connectivity index (χ1) is 10.1. The van der Waals surface area contributed by atoms with Crippen molar-refractivity contribution in [1.29, 1.82) is 0 Å². The van der Waals surface area contributed by atoms with Crippen LogP contribution in [0.25, 0.3) is 10.4 Å². The minimum atomic E-state index is -0.603. The number of carbonyl (C=O) groups excluding carboxylic acids is 1. The van der Waals surface area contributed by atoms with E-state index in [2.05, 4.69) is 10.0 Å². The molecule has 1 aliphatic rings. The number of nitrogens with zero attached hydrogens (tertiary/aromatic N) is 4. The zero-order valence-corrected chi connectivity index (χ0v) is 12.4. The molecule has 1 aliphatic carbocycles. The molecular formula is C15H20N4O2. The number of benzene rings is 1. The first-order valence-electron chi connectivity index (χ1n) is 7.19. The van der Waals surface area contributed by atoms with Crippen molar-refractivity contribution in [2.24, 2.45) is 11.0 Å². The maximum absolute atomic E-state index is 12.9. The maximum Gasteiger partial charge on any atom is 0.233 e. The molecule has 1 N–H and O–H groups in total. The lowest BCUT2D eigenvalue weighted by Crippen LogP contribution is -2.40. The number of rotatable bonds is 6. The predicted octanol–water partition coefficient (Wildman–Crippen LogP) is 2.83. The molecule has 112 valence electrons. The monoisotopic (exact) mass is 288 g/mol. The number of phenols is 1. The van der Waals surface area contributed by atoms with E-state index in [4.69, 9.17) is 5.53 Å². The zero-order valence-electron chi connectivity index (χ0n) is 12.4. The third-order valence-electron chi connectivity index (χ3n) is 4.29. The fraction of sp³-hybridized carbons (Fsp3) is 0.533. The van der Waals surface area contributed by atoms with Crippen molar-refractivity contribution >= 4 is 5.91 Å². The number of aromatic hydroxyl groups is 1. The highest BCUT2D eigenvalue weighted by atomic mass is 16.3. The molecule has 0 aromatic heterocycles. The zero-order chi connectivity index (χ0) is 15.5. The van der Waals surface area contributed by atoms with E-state index < -0.39 is 5.41 Å². The molecule has 2 rings (SSSR count). The van der Waals surface area contributed by atoms with Crippen LogP contribution in [0.5, 0.6) is 5.75 Å². The third kappa shape index (κ3) is 2.67. The molecule has 21 heavy (non-hydrogen) atoms. The standard InChI is InChI=1S/C15H20N4O2/c1-3-19(4-2)14(21)15(9-12(15)10-17-18-16)11-5-7-13(20)8-6-11/h5-8,12,20H,3-4,9-10H2,1-2H3. The Labute approximate surface area is 124 Å². The van der Waals surface area contributed by atoms with Gasteiger partial charge in [-0.2, -0.15) is 0 Å². The molecule has 1 fully saturated rings. The van der Waals surface area contributed by atoms with Crippen molar-refractivity contribution in [1.82, 2.24) is 4.90 Å². The number of phenolic OH excluding ortho intramolecular Hbond substituents is 1. The van der Waals surface area contributed by atoms with Gasteiger partial charge in [0.05, 0.1) is 5.41 Å². The lowest BCUT2D eigenvalue weighted by Gasteiger charge is -2.26. The van der Waals surface area contributed by atoms with Crippen LogP contribution >= 0.6 is 0 Å². The Morgan fingerprint density at radius 1 is 1.43 bits per heavy atom. The lowest BCUT2D eigenvalue weighted by atomic mass is 9.91. The van der Waals surface area contributed by atoms with Crippen molar-refractivity contribution < 1.29 is 9.90 Å². The van der Waals surface area contributed by atoms with Gasteiger partial charge in [0.25, 0.3) is 0 Å². The van der Waals surface area contributed by atoms with Crippen molar-refractivity contribution in [3.63, 3.8) is 0 Å². The van der Waals surface area contributed by atoms with E-state index in [1.165, 1.54) is 0 Å². The Hall–Kier alpha value is -2.20. The summed E-state index contributed by atoms with van der Waals surface area (Å²) in [4.78, 5) is 17.5. The van der Waals surface area contributed by atoms with Gasteiger partial charge in [-0.25, -0.2) is 0 Å². The van der Waals surface area contributed by atoms with Gasteiger partial charge in [0.15, 0.2) is 0 Å². The summed E-state index contributed by atoms with van der Waals surface area (Å²) in [6, 6.07) is 6.75. The highest BCUT2D eigenvalue weighted by molar-refractivity contribution is 5.92. The molecule has 1 amide bonds. The van der Waals surface area contributed by atoms with Crippen LogP contribution in [0.1, 0.15) is 25.8 Å². The highest BCUT2D eigenvalue weighted by Crippen LogP contribution is 2.55. The highest BCUT2D eigenvalue weighted by Gasteiger charge is 2.61. The molecule has 6 nitrogen and oxygen atoms in total. The van der Waals surface area contributed by atoms with Gasteiger partial charge >= 0.3 is 0 Å². The quantitative estimate of drug-likeness (QED) is 0.495. The van der Waals surface area contributed by atoms with Gasteiger partial charge in [-0.1, -0.05) is 17.2 Å². The van der Waals surface area contributed by atoms with E-state index in [0.717, 1.165) is 5.56 Å². The maximum atomic E-state index is 12.9. The van der Waals surface area contributed by atoms with Crippen LogP contribution in [0.15, 0.2) is 29.4 Å². The average molecular weight is 288 g/mol. The number of carbonyl (C=O) groups is 1. The van der Waals surface area contributed by atoms with Crippen LogP contribution in [0.3, 0.4) is 0 Å². The van der Waals surface area contributed by atoms with Gasteiger partial charge in [0, 0.05) is 24.5 Å². The second-order valence-electron chi connectivity index (χ2n) is 5.31. The van der Waals surface area contributed by atoms with Crippen LogP contribution in [0.4, 0.5) is 0 Å². The molecule has 0 spiro atoms. The summed E-state index contributed by atoms with van der Waals surface area (Å²) in [7, 11) is 0. The average Bonchev–Trinajstić information content (AvgIpc) is 3.22. The molecule has 2 unspecified atom stereocenters.